The molecule has 1 saturated heterocycles. The van der Waals surface area contributed by atoms with E-state index < -0.39 is 10.7 Å². The van der Waals surface area contributed by atoms with E-state index in [1.807, 2.05) is 11.8 Å². The van der Waals surface area contributed by atoms with E-state index in [1.165, 1.54) is 12.1 Å². The summed E-state index contributed by atoms with van der Waals surface area (Å²) in [5, 5.41) is 14.6. The molecule has 1 aliphatic heterocycles. The third kappa shape index (κ3) is 3.82. The maximum atomic E-state index is 13.9. The number of nitro groups is 1. The summed E-state index contributed by atoms with van der Waals surface area (Å²) in [4.78, 5) is 12.9. The molecule has 0 aromatic heterocycles. The van der Waals surface area contributed by atoms with E-state index in [2.05, 4.69) is 5.32 Å². The van der Waals surface area contributed by atoms with Crippen LogP contribution in [0.25, 0.3) is 0 Å². The Morgan fingerprint density at radius 3 is 2.90 bits per heavy atom. The summed E-state index contributed by atoms with van der Waals surface area (Å²) in [6, 6.07) is 2.81. The molecule has 0 radical (unpaired) electrons. The van der Waals surface area contributed by atoms with Crippen molar-refractivity contribution in [2.45, 2.75) is 32.2 Å². The molecule has 0 amide bonds. The molecule has 0 saturated carbocycles. The largest absolute Gasteiger partial charge is 0.362 e. The van der Waals surface area contributed by atoms with Crippen LogP contribution in [-0.4, -0.2) is 30.6 Å². The van der Waals surface area contributed by atoms with Crippen molar-refractivity contribution >= 4 is 34.0 Å². The minimum atomic E-state index is -0.421. The fourth-order valence-corrected chi connectivity index (χ4v) is 3.19. The van der Waals surface area contributed by atoms with Crippen LogP contribution in [0.15, 0.2) is 12.1 Å². The first kappa shape index (κ1) is 16.4. The van der Waals surface area contributed by atoms with Gasteiger partial charge in [0.1, 0.15) is 11.5 Å². The number of nitrogens with zero attached hydrogens (tertiary/aromatic N) is 2. The highest BCUT2D eigenvalue weighted by molar-refractivity contribution is 14.1. The molecule has 1 aliphatic rings. The molecule has 0 spiro atoms. The maximum Gasteiger partial charge on any atom is 0.293 e. The van der Waals surface area contributed by atoms with E-state index >= 15 is 0 Å². The maximum absolute atomic E-state index is 13.9. The Hall–Kier alpha value is -0.960. The lowest BCUT2D eigenvalue weighted by atomic mass is 10.0. The number of hydrogen-bond acceptors (Lipinski definition) is 4. The van der Waals surface area contributed by atoms with Gasteiger partial charge < -0.3 is 10.2 Å². The first-order valence-electron chi connectivity index (χ1n) is 7.15. The van der Waals surface area contributed by atoms with Crippen LogP contribution in [0.3, 0.4) is 0 Å². The second kappa shape index (κ2) is 7.35. The van der Waals surface area contributed by atoms with Crippen molar-refractivity contribution in [2.75, 3.05) is 24.5 Å². The van der Waals surface area contributed by atoms with E-state index in [9.17, 15) is 14.5 Å². The van der Waals surface area contributed by atoms with Gasteiger partial charge in [0.05, 0.1) is 8.49 Å². The first-order chi connectivity index (χ1) is 10.0. The summed E-state index contributed by atoms with van der Waals surface area (Å²) in [7, 11) is 0. The van der Waals surface area contributed by atoms with Gasteiger partial charge >= 0.3 is 0 Å². The molecule has 1 fully saturated rings. The summed E-state index contributed by atoms with van der Waals surface area (Å²) < 4.78 is 14.2. The van der Waals surface area contributed by atoms with Crippen LogP contribution in [-0.2, 0) is 0 Å². The number of rotatable bonds is 5. The quantitative estimate of drug-likeness (QED) is 0.462. The predicted molar refractivity (Wildman–Crippen MR) is 89.3 cm³/mol. The number of hydrogen-bond donors (Lipinski definition) is 1. The molecule has 1 aromatic carbocycles. The SMILES string of the molecule is CCCN(c1cc(F)c(I)cc1[N+](=O)[O-])C1CCCNC1. The highest BCUT2D eigenvalue weighted by Crippen LogP contribution is 2.34. The normalized spacial score (nSPS) is 18.5. The van der Waals surface area contributed by atoms with Crippen molar-refractivity contribution in [3.63, 3.8) is 0 Å². The molecule has 1 unspecified atom stereocenters. The Labute approximate surface area is 137 Å². The fourth-order valence-electron chi connectivity index (χ4n) is 2.74. The van der Waals surface area contributed by atoms with Crippen molar-refractivity contribution in [1.29, 1.82) is 0 Å². The summed E-state index contributed by atoms with van der Waals surface area (Å²) >= 11 is 1.79. The molecule has 7 heteroatoms. The third-order valence-electron chi connectivity index (χ3n) is 3.70. The van der Waals surface area contributed by atoms with Gasteiger partial charge in [-0.1, -0.05) is 6.92 Å². The number of nitrogens with one attached hydrogen (secondary N) is 1. The topological polar surface area (TPSA) is 58.4 Å². The lowest BCUT2D eigenvalue weighted by molar-refractivity contribution is -0.384. The smallest absolute Gasteiger partial charge is 0.293 e. The Bertz CT molecular complexity index is 521. The molecule has 21 heavy (non-hydrogen) atoms. The molecule has 1 N–H and O–H groups in total. The van der Waals surface area contributed by atoms with E-state index in [-0.39, 0.29) is 15.3 Å². The number of anilines is 1. The van der Waals surface area contributed by atoms with Crippen LogP contribution in [0.5, 0.6) is 0 Å². The van der Waals surface area contributed by atoms with Gasteiger partial charge in [0.25, 0.3) is 5.69 Å². The van der Waals surface area contributed by atoms with Crippen LogP contribution >= 0.6 is 22.6 Å². The molecule has 5 nitrogen and oxygen atoms in total. The highest BCUT2D eigenvalue weighted by Gasteiger charge is 2.28. The Kier molecular flexibility index (Phi) is 5.74. The molecule has 2 rings (SSSR count). The molecular weight excluding hydrogens is 388 g/mol. The minimum Gasteiger partial charge on any atom is -0.362 e. The van der Waals surface area contributed by atoms with Crippen LogP contribution in [0, 0.1) is 19.5 Å². The zero-order valence-electron chi connectivity index (χ0n) is 11.9. The van der Waals surface area contributed by atoms with E-state index in [0.717, 1.165) is 32.4 Å². The summed E-state index contributed by atoms with van der Waals surface area (Å²) in [6.07, 6.45) is 2.87. The van der Waals surface area contributed by atoms with Crippen LogP contribution in [0.2, 0.25) is 0 Å². The van der Waals surface area contributed by atoms with Gasteiger partial charge in [-0.05, 0) is 48.4 Å². The second-order valence-electron chi connectivity index (χ2n) is 5.21. The Balaban J connectivity index is 2.42. The van der Waals surface area contributed by atoms with Crippen molar-refractivity contribution in [3.05, 3.63) is 31.6 Å². The van der Waals surface area contributed by atoms with Gasteiger partial charge in [0.15, 0.2) is 0 Å². The number of benzene rings is 1. The third-order valence-corrected chi connectivity index (χ3v) is 4.53. The first-order valence-corrected chi connectivity index (χ1v) is 8.23. The van der Waals surface area contributed by atoms with E-state index in [0.29, 0.717) is 12.2 Å². The van der Waals surface area contributed by atoms with Crippen molar-refractivity contribution < 1.29 is 9.31 Å². The van der Waals surface area contributed by atoms with Crippen LogP contribution in [0.4, 0.5) is 15.8 Å². The monoisotopic (exact) mass is 407 g/mol. The van der Waals surface area contributed by atoms with Gasteiger partial charge in [0.2, 0.25) is 0 Å². The second-order valence-corrected chi connectivity index (χ2v) is 6.37. The summed E-state index contributed by atoms with van der Waals surface area (Å²) in [6.45, 7) is 4.47. The average Bonchev–Trinajstić information content (AvgIpc) is 2.48. The Morgan fingerprint density at radius 2 is 2.33 bits per heavy atom. The number of nitro benzene ring substituents is 1. The van der Waals surface area contributed by atoms with Gasteiger partial charge in [-0.25, -0.2) is 4.39 Å². The molecule has 1 atom stereocenters. The van der Waals surface area contributed by atoms with Gasteiger partial charge in [-0.15, -0.1) is 0 Å². The van der Waals surface area contributed by atoms with Crippen molar-refractivity contribution in [1.82, 2.24) is 5.32 Å². The molecule has 1 heterocycles. The predicted octanol–water partition coefficient (Wildman–Crippen LogP) is 3.31. The van der Waals surface area contributed by atoms with Gasteiger partial charge in [-0.2, -0.15) is 0 Å². The van der Waals surface area contributed by atoms with Crippen molar-refractivity contribution in [3.8, 4) is 0 Å². The highest BCUT2D eigenvalue weighted by atomic mass is 127. The van der Waals surface area contributed by atoms with Crippen LogP contribution in [0.1, 0.15) is 26.2 Å². The van der Waals surface area contributed by atoms with Gasteiger partial charge in [-0.3, -0.25) is 10.1 Å². The molecule has 0 bridgehead atoms. The number of halogens is 2. The number of piperidine rings is 1. The lowest BCUT2D eigenvalue weighted by Gasteiger charge is -2.36. The average molecular weight is 407 g/mol. The summed E-state index contributed by atoms with van der Waals surface area (Å²) in [5.41, 5.74) is 0.383. The summed E-state index contributed by atoms with van der Waals surface area (Å²) in [5.74, 6) is -0.402. The zero-order chi connectivity index (χ0) is 15.4. The molecule has 0 aliphatic carbocycles. The van der Waals surface area contributed by atoms with E-state index in [1.54, 1.807) is 22.6 Å². The van der Waals surface area contributed by atoms with Crippen LogP contribution < -0.4 is 10.2 Å². The molecule has 1 aromatic rings. The standard InChI is InChI=1S/C14H19FIN3O2/c1-2-6-18(10-4-3-5-17-9-10)13-7-11(15)12(16)8-14(13)19(20)21/h7-8,10,17H,2-6,9H2,1H3. The Morgan fingerprint density at radius 1 is 1.57 bits per heavy atom. The fraction of sp³-hybridized carbons (Fsp3) is 0.571. The minimum absolute atomic E-state index is 0.0141. The zero-order valence-corrected chi connectivity index (χ0v) is 14.1. The van der Waals surface area contributed by atoms with Gasteiger partial charge in [0, 0.05) is 31.3 Å². The van der Waals surface area contributed by atoms with E-state index in [4.69, 9.17) is 0 Å². The lowest BCUT2D eigenvalue weighted by Crippen LogP contribution is -2.46. The molecule has 116 valence electrons. The van der Waals surface area contributed by atoms with Crippen molar-refractivity contribution in [2.24, 2.45) is 0 Å². The molecular formula is C14H19FIN3O2.